The molecule has 0 aromatic heterocycles. The lowest BCUT2D eigenvalue weighted by molar-refractivity contribution is -0.142. The molecule has 0 aromatic carbocycles. The van der Waals surface area contributed by atoms with Gasteiger partial charge in [-0.25, -0.2) is 0 Å². The summed E-state index contributed by atoms with van der Waals surface area (Å²) in [5.74, 6) is 1.52. The maximum atomic E-state index is 11.5. The van der Waals surface area contributed by atoms with Gasteiger partial charge in [0.2, 0.25) is 0 Å². The van der Waals surface area contributed by atoms with Gasteiger partial charge in [-0.05, 0) is 44.1 Å². The summed E-state index contributed by atoms with van der Waals surface area (Å²) in [5, 5.41) is 3.76. The number of carbonyl (C=O) groups is 1. The van der Waals surface area contributed by atoms with Crippen molar-refractivity contribution in [2.45, 2.75) is 57.9 Å². The molecule has 0 bridgehead atoms. The number of esters is 1. The van der Waals surface area contributed by atoms with Gasteiger partial charge in [-0.1, -0.05) is 26.2 Å². The van der Waals surface area contributed by atoms with Gasteiger partial charge in [-0.15, -0.1) is 0 Å². The Labute approximate surface area is 129 Å². The largest absolute Gasteiger partial charge is 0.468 e. The Morgan fingerprint density at radius 3 is 2.71 bits per heavy atom. The molecular formula is C17H32N2O2. The lowest BCUT2D eigenvalue weighted by Gasteiger charge is -2.39. The Hall–Kier alpha value is -0.610. The number of ether oxygens (including phenoxy) is 1. The summed E-state index contributed by atoms with van der Waals surface area (Å²) in [6.45, 7) is 5.90. The maximum absolute atomic E-state index is 11.5. The molecule has 1 aliphatic carbocycles. The smallest absolute Gasteiger partial charge is 0.319 e. The van der Waals surface area contributed by atoms with Crippen LogP contribution < -0.4 is 5.32 Å². The zero-order valence-corrected chi connectivity index (χ0v) is 13.8. The molecule has 2 fully saturated rings. The Morgan fingerprint density at radius 2 is 2.10 bits per heavy atom. The number of piperidine rings is 1. The molecular weight excluding hydrogens is 264 g/mol. The van der Waals surface area contributed by atoms with Gasteiger partial charge in [-0.2, -0.15) is 0 Å². The molecule has 1 heterocycles. The number of nitrogens with zero attached hydrogens (tertiary/aromatic N) is 1. The van der Waals surface area contributed by atoms with Crippen molar-refractivity contribution in [1.82, 2.24) is 10.2 Å². The topological polar surface area (TPSA) is 41.6 Å². The van der Waals surface area contributed by atoms with Crippen molar-refractivity contribution in [3.63, 3.8) is 0 Å². The highest BCUT2D eigenvalue weighted by molar-refractivity contribution is 5.71. The number of nitrogens with one attached hydrogen (secondary N) is 1. The minimum absolute atomic E-state index is 0.108. The fraction of sp³-hybridized carbons (Fsp3) is 0.941. The van der Waals surface area contributed by atoms with Crippen LogP contribution >= 0.6 is 0 Å². The van der Waals surface area contributed by atoms with Crippen molar-refractivity contribution in [1.29, 1.82) is 0 Å². The van der Waals surface area contributed by atoms with Crippen LogP contribution in [0.15, 0.2) is 0 Å². The van der Waals surface area contributed by atoms with E-state index in [-0.39, 0.29) is 5.97 Å². The number of carbonyl (C=O) groups excluding carboxylic acids is 1. The van der Waals surface area contributed by atoms with Crippen LogP contribution in [-0.2, 0) is 9.53 Å². The van der Waals surface area contributed by atoms with Gasteiger partial charge >= 0.3 is 5.97 Å². The summed E-state index contributed by atoms with van der Waals surface area (Å²) in [7, 11) is 1.48. The third-order valence-corrected chi connectivity index (χ3v) is 5.08. The van der Waals surface area contributed by atoms with Gasteiger partial charge in [-0.3, -0.25) is 9.69 Å². The summed E-state index contributed by atoms with van der Waals surface area (Å²) < 4.78 is 4.83. The Bertz CT molecular complexity index is 318. The van der Waals surface area contributed by atoms with Gasteiger partial charge < -0.3 is 10.1 Å². The molecule has 122 valence electrons. The molecule has 4 nitrogen and oxygen atoms in total. The van der Waals surface area contributed by atoms with Crippen LogP contribution in [0, 0.1) is 11.8 Å². The predicted octanol–water partition coefficient (Wildman–Crippen LogP) is 2.43. The Balaban J connectivity index is 1.80. The van der Waals surface area contributed by atoms with E-state index >= 15 is 0 Å². The maximum Gasteiger partial charge on any atom is 0.319 e. The molecule has 1 N–H and O–H groups in total. The summed E-state index contributed by atoms with van der Waals surface area (Å²) in [5.41, 5.74) is 0. The van der Waals surface area contributed by atoms with E-state index in [2.05, 4.69) is 17.1 Å². The van der Waals surface area contributed by atoms with Gasteiger partial charge in [0.05, 0.1) is 13.7 Å². The predicted molar refractivity (Wildman–Crippen MR) is 85.2 cm³/mol. The van der Waals surface area contributed by atoms with Crippen LogP contribution in [-0.4, -0.2) is 50.2 Å². The van der Waals surface area contributed by atoms with E-state index in [1.165, 1.54) is 52.1 Å². The first-order valence-corrected chi connectivity index (χ1v) is 8.73. The average Bonchev–Trinajstić information content (AvgIpc) is 2.43. The number of unbranched alkanes of at least 4 members (excludes halogenated alkanes) is 1. The van der Waals surface area contributed by atoms with E-state index in [4.69, 9.17) is 4.74 Å². The van der Waals surface area contributed by atoms with Gasteiger partial charge in [0.1, 0.15) is 0 Å². The van der Waals surface area contributed by atoms with Crippen molar-refractivity contribution in [3.05, 3.63) is 0 Å². The number of methoxy groups -OCH3 is 1. The number of hydrogen-bond donors (Lipinski definition) is 1. The molecule has 2 aliphatic rings. The minimum Gasteiger partial charge on any atom is -0.468 e. The highest BCUT2D eigenvalue weighted by atomic mass is 16.5. The number of likely N-dealkylation sites (tertiary alicyclic amines) is 1. The quantitative estimate of drug-likeness (QED) is 0.699. The van der Waals surface area contributed by atoms with E-state index in [0.717, 1.165) is 31.5 Å². The second kappa shape index (κ2) is 8.74. The third-order valence-electron chi connectivity index (χ3n) is 5.08. The Kier molecular flexibility index (Phi) is 6.97. The highest BCUT2D eigenvalue weighted by Crippen LogP contribution is 2.27. The molecule has 1 saturated carbocycles. The first-order chi connectivity index (χ1) is 10.2. The molecule has 0 amide bonds. The first-order valence-electron chi connectivity index (χ1n) is 8.73. The first kappa shape index (κ1) is 16.8. The Morgan fingerprint density at radius 1 is 1.29 bits per heavy atom. The normalized spacial score (nSPS) is 27.3. The van der Waals surface area contributed by atoms with Crippen LogP contribution in [0.5, 0.6) is 0 Å². The van der Waals surface area contributed by atoms with Crippen LogP contribution in [0.2, 0.25) is 0 Å². The van der Waals surface area contributed by atoms with Crippen molar-refractivity contribution in [2.75, 3.05) is 33.3 Å². The molecule has 21 heavy (non-hydrogen) atoms. The lowest BCUT2D eigenvalue weighted by Crippen LogP contribution is -2.51. The van der Waals surface area contributed by atoms with Gasteiger partial charge in [0.15, 0.2) is 0 Å². The molecule has 2 rings (SSSR count). The van der Waals surface area contributed by atoms with Crippen molar-refractivity contribution in [2.24, 2.45) is 11.8 Å². The molecule has 0 aromatic rings. The fourth-order valence-corrected chi connectivity index (χ4v) is 3.56. The lowest BCUT2D eigenvalue weighted by atomic mass is 9.84. The molecule has 0 radical (unpaired) electrons. The van der Waals surface area contributed by atoms with Crippen LogP contribution in [0.3, 0.4) is 0 Å². The number of hydrogen-bond acceptors (Lipinski definition) is 4. The van der Waals surface area contributed by atoms with Crippen molar-refractivity contribution >= 4 is 5.97 Å². The van der Waals surface area contributed by atoms with Crippen molar-refractivity contribution in [3.8, 4) is 0 Å². The summed E-state index contributed by atoms with van der Waals surface area (Å²) >= 11 is 0. The zero-order valence-electron chi connectivity index (χ0n) is 13.8. The molecule has 2 unspecified atom stereocenters. The summed E-state index contributed by atoms with van der Waals surface area (Å²) in [6, 6.07) is 0.547. The fourth-order valence-electron chi connectivity index (χ4n) is 3.56. The van der Waals surface area contributed by atoms with E-state index in [0.29, 0.717) is 12.6 Å². The number of rotatable bonds is 8. The second-order valence-electron chi connectivity index (χ2n) is 6.92. The summed E-state index contributed by atoms with van der Waals surface area (Å²) in [6.07, 6.45) is 9.31. The van der Waals surface area contributed by atoms with E-state index in [1.54, 1.807) is 0 Å². The molecule has 1 aliphatic heterocycles. The molecule has 1 saturated heterocycles. The second-order valence-corrected chi connectivity index (χ2v) is 6.92. The standard InChI is InChI=1S/C17H32N2O2/c1-3-4-6-15-9-16(18-10-14-7-5-8-14)12-19(11-15)13-17(20)21-2/h14-16,18H,3-13H2,1-2H3. The summed E-state index contributed by atoms with van der Waals surface area (Å²) in [4.78, 5) is 13.8. The van der Waals surface area contributed by atoms with Gasteiger partial charge in [0, 0.05) is 19.1 Å². The van der Waals surface area contributed by atoms with Gasteiger partial charge in [0.25, 0.3) is 0 Å². The van der Waals surface area contributed by atoms with E-state index < -0.39 is 0 Å². The average molecular weight is 296 g/mol. The van der Waals surface area contributed by atoms with E-state index in [9.17, 15) is 4.79 Å². The monoisotopic (exact) mass is 296 g/mol. The third kappa shape index (κ3) is 5.59. The SMILES string of the molecule is CCCCC1CC(NCC2CCC2)CN(CC(=O)OC)C1. The van der Waals surface area contributed by atoms with Crippen LogP contribution in [0.1, 0.15) is 51.9 Å². The van der Waals surface area contributed by atoms with Crippen molar-refractivity contribution < 1.29 is 9.53 Å². The minimum atomic E-state index is -0.108. The van der Waals surface area contributed by atoms with Crippen LogP contribution in [0.4, 0.5) is 0 Å². The molecule has 0 spiro atoms. The highest BCUT2D eigenvalue weighted by Gasteiger charge is 2.29. The van der Waals surface area contributed by atoms with Crippen LogP contribution in [0.25, 0.3) is 0 Å². The van der Waals surface area contributed by atoms with E-state index in [1.807, 2.05) is 0 Å². The zero-order chi connectivity index (χ0) is 15.1. The molecule has 2 atom stereocenters. The molecule has 4 heteroatoms.